The molecule has 5 nitrogen and oxygen atoms in total. The fourth-order valence-electron chi connectivity index (χ4n) is 2.43. The van der Waals surface area contributed by atoms with Crippen molar-refractivity contribution in [1.29, 1.82) is 0 Å². The van der Waals surface area contributed by atoms with Crippen molar-refractivity contribution < 1.29 is 9.53 Å². The van der Waals surface area contributed by atoms with Crippen LogP contribution in [0.1, 0.15) is 12.8 Å². The Labute approximate surface area is 125 Å². The number of piperidine rings is 1. The smallest absolute Gasteiger partial charge is 0.255 e. The van der Waals surface area contributed by atoms with Gasteiger partial charge in [0.15, 0.2) is 6.61 Å². The van der Waals surface area contributed by atoms with E-state index < -0.39 is 5.91 Å². The van der Waals surface area contributed by atoms with Gasteiger partial charge in [0.25, 0.3) is 5.91 Å². The SMILES string of the molecule is C#CCN1CCC(Nc2cccc(OCC(N)=O)c2)CC1. The van der Waals surface area contributed by atoms with E-state index in [4.69, 9.17) is 16.9 Å². The van der Waals surface area contributed by atoms with Crippen LogP contribution in [-0.2, 0) is 4.79 Å². The van der Waals surface area contributed by atoms with Crippen LogP contribution in [0.15, 0.2) is 24.3 Å². The van der Waals surface area contributed by atoms with Crippen LogP contribution in [0.5, 0.6) is 5.75 Å². The maximum atomic E-state index is 10.7. The molecule has 3 N–H and O–H groups in total. The van der Waals surface area contributed by atoms with Crippen LogP contribution in [-0.4, -0.2) is 43.1 Å². The summed E-state index contributed by atoms with van der Waals surface area (Å²) >= 11 is 0. The second-order valence-electron chi connectivity index (χ2n) is 5.18. The lowest BCUT2D eigenvalue weighted by molar-refractivity contribution is -0.119. The van der Waals surface area contributed by atoms with Crippen LogP contribution in [0.25, 0.3) is 0 Å². The number of likely N-dealkylation sites (tertiary alicyclic amines) is 1. The van der Waals surface area contributed by atoms with Crippen LogP contribution in [0.4, 0.5) is 5.69 Å². The van der Waals surface area contributed by atoms with E-state index >= 15 is 0 Å². The van der Waals surface area contributed by atoms with E-state index in [0.29, 0.717) is 11.8 Å². The zero-order chi connectivity index (χ0) is 15.1. The molecule has 0 atom stereocenters. The Bertz CT molecular complexity index is 516. The molecule has 2 rings (SSSR count). The maximum absolute atomic E-state index is 10.7. The number of amides is 1. The first-order valence-corrected chi connectivity index (χ1v) is 7.11. The number of anilines is 1. The molecule has 112 valence electrons. The molecule has 0 radical (unpaired) electrons. The van der Waals surface area contributed by atoms with E-state index in [9.17, 15) is 4.79 Å². The van der Waals surface area contributed by atoms with Crippen LogP contribution in [0.3, 0.4) is 0 Å². The Balaban J connectivity index is 1.84. The van der Waals surface area contributed by atoms with Crippen LogP contribution in [0.2, 0.25) is 0 Å². The van der Waals surface area contributed by atoms with E-state index in [0.717, 1.165) is 38.2 Å². The number of benzene rings is 1. The molecule has 0 spiro atoms. The van der Waals surface area contributed by atoms with Crippen molar-refractivity contribution in [2.24, 2.45) is 5.73 Å². The second kappa shape index (κ2) is 7.55. The number of nitrogens with one attached hydrogen (secondary N) is 1. The van der Waals surface area contributed by atoms with Crippen LogP contribution < -0.4 is 15.8 Å². The maximum Gasteiger partial charge on any atom is 0.255 e. The molecule has 1 aromatic carbocycles. The van der Waals surface area contributed by atoms with Crippen molar-refractivity contribution in [1.82, 2.24) is 4.90 Å². The largest absolute Gasteiger partial charge is 0.484 e. The number of carbonyl (C=O) groups excluding carboxylic acids is 1. The van der Waals surface area contributed by atoms with Gasteiger partial charge in [0.2, 0.25) is 0 Å². The molecule has 1 fully saturated rings. The molecular weight excluding hydrogens is 266 g/mol. The summed E-state index contributed by atoms with van der Waals surface area (Å²) in [5, 5.41) is 3.50. The Hall–Kier alpha value is -2.19. The third-order valence-corrected chi connectivity index (χ3v) is 3.49. The minimum absolute atomic E-state index is 0.103. The first-order chi connectivity index (χ1) is 10.2. The van der Waals surface area contributed by atoms with Gasteiger partial charge in [-0.25, -0.2) is 0 Å². The van der Waals surface area contributed by atoms with E-state index in [2.05, 4.69) is 16.1 Å². The molecule has 0 unspecified atom stereocenters. The highest BCUT2D eigenvalue weighted by molar-refractivity contribution is 5.75. The van der Waals surface area contributed by atoms with Gasteiger partial charge in [-0.3, -0.25) is 9.69 Å². The summed E-state index contributed by atoms with van der Waals surface area (Å²) in [5.41, 5.74) is 6.06. The number of terminal acetylenes is 1. The highest BCUT2D eigenvalue weighted by Gasteiger charge is 2.18. The monoisotopic (exact) mass is 287 g/mol. The summed E-state index contributed by atoms with van der Waals surface area (Å²) in [7, 11) is 0. The van der Waals surface area contributed by atoms with Gasteiger partial charge in [0.1, 0.15) is 5.75 Å². The third kappa shape index (κ3) is 5.01. The molecule has 1 saturated heterocycles. The van der Waals surface area contributed by atoms with Gasteiger partial charge in [-0.05, 0) is 25.0 Å². The topological polar surface area (TPSA) is 67.6 Å². The van der Waals surface area contributed by atoms with E-state index in [1.807, 2.05) is 24.3 Å². The summed E-state index contributed by atoms with van der Waals surface area (Å²) in [6, 6.07) is 8.02. The predicted molar refractivity (Wildman–Crippen MR) is 83.0 cm³/mol. The van der Waals surface area contributed by atoms with Crippen molar-refractivity contribution in [2.45, 2.75) is 18.9 Å². The number of nitrogens with two attached hydrogens (primary N) is 1. The van der Waals surface area contributed by atoms with Gasteiger partial charge in [-0.15, -0.1) is 6.42 Å². The van der Waals surface area contributed by atoms with Gasteiger partial charge in [-0.2, -0.15) is 0 Å². The number of hydrogen-bond donors (Lipinski definition) is 2. The van der Waals surface area contributed by atoms with E-state index in [-0.39, 0.29) is 6.61 Å². The zero-order valence-corrected chi connectivity index (χ0v) is 12.0. The highest BCUT2D eigenvalue weighted by atomic mass is 16.5. The number of ether oxygens (including phenoxy) is 1. The molecule has 0 aromatic heterocycles. The summed E-state index contributed by atoms with van der Waals surface area (Å²) in [4.78, 5) is 13.0. The Morgan fingerprint density at radius 2 is 2.24 bits per heavy atom. The predicted octanol–water partition coefficient (Wildman–Crippen LogP) is 1.06. The Morgan fingerprint density at radius 3 is 2.90 bits per heavy atom. The first-order valence-electron chi connectivity index (χ1n) is 7.11. The normalized spacial score (nSPS) is 16.1. The molecule has 0 aliphatic carbocycles. The average Bonchev–Trinajstić information content (AvgIpc) is 2.48. The molecule has 1 heterocycles. The van der Waals surface area contributed by atoms with Crippen molar-refractivity contribution in [3.63, 3.8) is 0 Å². The van der Waals surface area contributed by atoms with Crippen molar-refractivity contribution in [2.75, 3.05) is 31.6 Å². The number of primary amides is 1. The number of rotatable bonds is 6. The van der Waals surface area contributed by atoms with Crippen LogP contribution in [0, 0.1) is 12.3 Å². The number of nitrogens with zero attached hydrogens (tertiary/aromatic N) is 1. The van der Waals surface area contributed by atoms with Gasteiger partial charge in [0.05, 0.1) is 6.54 Å². The molecule has 1 aliphatic heterocycles. The van der Waals surface area contributed by atoms with Gasteiger partial charge >= 0.3 is 0 Å². The molecule has 21 heavy (non-hydrogen) atoms. The summed E-state index contributed by atoms with van der Waals surface area (Å²) < 4.78 is 5.30. The quantitative estimate of drug-likeness (QED) is 0.768. The van der Waals surface area contributed by atoms with E-state index in [1.54, 1.807) is 0 Å². The molecule has 1 aromatic rings. The van der Waals surface area contributed by atoms with Crippen molar-refractivity contribution in [3.8, 4) is 18.1 Å². The first kappa shape index (κ1) is 15.2. The standard InChI is InChI=1S/C16H21N3O2/c1-2-8-19-9-6-13(7-10-19)18-14-4-3-5-15(11-14)21-12-16(17)20/h1,3-5,11,13,18H,6-10,12H2,(H2,17,20). The number of carbonyl (C=O) groups is 1. The fraction of sp³-hybridized carbons (Fsp3) is 0.438. The second-order valence-corrected chi connectivity index (χ2v) is 5.18. The summed E-state index contributed by atoms with van der Waals surface area (Å²) in [6.07, 6.45) is 7.46. The van der Waals surface area contributed by atoms with Crippen molar-refractivity contribution in [3.05, 3.63) is 24.3 Å². The molecule has 0 saturated carbocycles. The number of hydrogen-bond acceptors (Lipinski definition) is 4. The lowest BCUT2D eigenvalue weighted by Crippen LogP contribution is -2.39. The van der Waals surface area contributed by atoms with Gasteiger partial charge < -0.3 is 15.8 Å². The minimum Gasteiger partial charge on any atom is -0.484 e. The minimum atomic E-state index is -0.478. The lowest BCUT2D eigenvalue weighted by Gasteiger charge is -2.31. The van der Waals surface area contributed by atoms with Crippen molar-refractivity contribution >= 4 is 11.6 Å². The summed E-state index contributed by atoms with van der Waals surface area (Å²) in [5.74, 6) is 2.85. The lowest BCUT2D eigenvalue weighted by atomic mass is 10.0. The molecule has 5 heteroatoms. The Kier molecular flexibility index (Phi) is 5.47. The van der Waals surface area contributed by atoms with Crippen LogP contribution >= 0.6 is 0 Å². The third-order valence-electron chi connectivity index (χ3n) is 3.49. The zero-order valence-electron chi connectivity index (χ0n) is 12.0. The van der Waals surface area contributed by atoms with Gasteiger partial charge in [-0.1, -0.05) is 12.0 Å². The Morgan fingerprint density at radius 1 is 1.48 bits per heavy atom. The summed E-state index contributed by atoms with van der Waals surface area (Å²) in [6.45, 7) is 2.65. The molecule has 0 bridgehead atoms. The van der Waals surface area contributed by atoms with Gasteiger partial charge in [0, 0.05) is 30.9 Å². The van der Waals surface area contributed by atoms with E-state index in [1.165, 1.54) is 0 Å². The highest BCUT2D eigenvalue weighted by Crippen LogP contribution is 2.21. The fourth-order valence-corrected chi connectivity index (χ4v) is 2.43. The molecular formula is C16H21N3O2. The average molecular weight is 287 g/mol. The molecule has 1 aliphatic rings. The molecule has 1 amide bonds.